The van der Waals surface area contributed by atoms with Crippen LogP contribution in [0.4, 0.5) is 0 Å². The summed E-state index contributed by atoms with van der Waals surface area (Å²) in [6, 6.07) is 0. The molecule has 4 rings (SSSR count). The number of rotatable bonds is 3. The van der Waals surface area contributed by atoms with Gasteiger partial charge < -0.3 is 9.84 Å². The summed E-state index contributed by atoms with van der Waals surface area (Å²) in [7, 11) is 0. The van der Waals surface area contributed by atoms with Crippen LogP contribution in [0.1, 0.15) is 91.9 Å². The lowest BCUT2D eigenvalue weighted by Crippen LogP contribution is -2.60. The molecule has 0 bridgehead atoms. The molecular weight excluding hydrogens is 352 g/mol. The molecule has 0 heterocycles. The smallest absolute Gasteiger partial charge is 0.303 e. The fourth-order valence-corrected chi connectivity index (χ4v) is 8.37. The van der Waals surface area contributed by atoms with E-state index in [2.05, 4.69) is 20.8 Å². The van der Waals surface area contributed by atoms with Crippen molar-refractivity contribution < 1.29 is 19.4 Å². The van der Waals surface area contributed by atoms with Gasteiger partial charge in [-0.25, -0.2) is 0 Å². The molecule has 4 heteroatoms. The quantitative estimate of drug-likeness (QED) is 0.711. The molecule has 0 aromatic heterocycles. The molecule has 0 radical (unpaired) electrons. The second kappa shape index (κ2) is 6.55. The van der Waals surface area contributed by atoms with Crippen LogP contribution in [0.5, 0.6) is 0 Å². The maximum atomic E-state index is 12.9. The molecule has 0 aromatic rings. The van der Waals surface area contributed by atoms with Crippen molar-refractivity contribution in [3.63, 3.8) is 0 Å². The lowest BCUT2D eigenvalue weighted by molar-refractivity contribution is -0.184. The van der Waals surface area contributed by atoms with E-state index in [1.807, 2.05) is 0 Å². The molecule has 4 aliphatic carbocycles. The van der Waals surface area contributed by atoms with Crippen molar-refractivity contribution in [2.24, 2.45) is 34.0 Å². The number of ether oxygens (including phenoxy) is 1. The summed E-state index contributed by atoms with van der Waals surface area (Å²) < 4.78 is 4.96. The Kier molecular flexibility index (Phi) is 4.77. The second-order valence-electron chi connectivity index (χ2n) is 11.2. The van der Waals surface area contributed by atoms with Crippen LogP contribution in [0.3, 0.4) is 0 Å². The van der Waals surface area contributed by atoms with E-state index in [-0.39, 0.29) is 17.8 Å². The lowest BCUT2D eigenvalue weighted by atomic mass is 9.40. The maximum absolute atomic E-state index is 12.9. The van der Waals surface area contributed by atoms with Gasteiger partial charge in [0.1, 0.15) is 5.60 Å². The molecule has 158 valence electrons. The van der Waals surface area contributed by atoms with E-state index < -0.39 is 11.6 Å². The highest BCUT2D eigenvalue weighted by molar-refractivity contribution is 5.90. The summed E-state index contributed by atoms with van der Waals surface area (Å²) in [4.78, 5) is 24.1. The normalized spacial score (nSPS) is 50.2. The van der Waals surface area contributed by atoms with E-state index in [1.54, 1.807) is 0 Å². The average Bonchev–Trinajstić information content (AvgIpc) is 2.92. The fraction of sp³-hybridized carbons (Fsp3) is 0.917. The van der Waals surface area contributed by atoms with Gasteiger partial charge in [-0.15, -0.1) is 0 Å². The third kappa shape index (κ3) is 2.58. The molecule has 4 fully saturated rings. The summed E-state index contributed by atoms with van der Waals surface area (Å²) >= 11 is 0. The van der Waals surface area contributed by atoms with Crippen molar-refractivity contribution in [3.05, 3.63) is 0 Å². The van der Waals surface area contributed by atoms with Gasteiger partial charge in [-0.05, 0) is 80.0 Å². The summed E-state index contributed by atoms with van der Waals surface area (Å²) in [6.45, 7) is 8.25. The molecule has 7 atom stereocenters. The highest BCUT2D eigenvalue weighted by Gasteiger charge is 2.67. The molecular formula is C24H38O4. The molecule has 0 spiro atoms. The molecule has 4 nitrogen and oxygen atoms in total. The molecule has 0 aromatic carbocycles. The SMILES string of the molecule is CC(=O)OCC(=O)C1(O)CCC2C3CCC4(C)CCCCC4(C)C3CCC21C. The molecule has 4 saturated carbocycles. The third-order valence-corrected chi connectivity index (χ3v) is 10.4. The first-order valence-electron chi connectivity index (χ1n) is 11.5. The summed E-state index contributed by atoms with van der Waals surface area (Å²) in [5, 5.41) is 11.5. The number of ketones is 1. The minimum absolute atomic E-state index is 0.294. The largest absolute Gasteiger partial charge is 0.458 e. The predicted molar refractivity (Wildman–Crippen MR) is 108 cm³/mol. The molecule has 4 aliphatic rings. The van der Waals surface area contributed by atoms with Crippen LogP contribution in [-0.2, 0) is 14.3 Å². The number of aliphatic hydroxyl groups is 1. The molecule has 0 saturated heterocycles. The van der Waals surface area contributed by atoms with Crippen molar-refractivity contribution in [1.29, 1.82) is 0 Å². The first kappa shape index (κ1) is 20.4. The fourth-order valence-electron chi connectivity index (χ4n) is 8.37. The van der Waals surface area contributed by atoms with Gasteiger partial charge in [-0.2, -0.15) is 0 Å². The van der Waals surface area contributed by atoms with E-state index in [0.29, 0.717) is 29.1 Å². The van der Waals surface area contributed by atoms with Crippen LogP contribution in [0, 0.1) is 34.0 Å². The van der Waals surface area contributed by atoms with Crippen molar-refractivity contribution >= 4 is 11.8 Å². The van der Waals surface area contributed by atoms with Crippen LogP contribution < -0.4 is 0 Å². The van der Waals surface area contributed by atoms with E-state index in [9.17, 15) is 14.7 Å². The first-order chi connectivity index (χ1) is 13.1. The van der Waals surface area contributed by atoms with Crippen molar-refractivity contribution in [1.82, 2.24) is 0 Å². The van der Waals surface area contributed by atoms with E-state index >= 15 is 0 Å². The number of esters is 1. The zero-order valence-corrected chi connectivity index (χ0v) is 18.2. The Labute approximate surface area is 169 Å². The van der Waals surface area contributed by atoms with Crippen LogP contribution >= 0.6 is 0 Å². The van der Waals surface area contributed by atoms with Gasteiger partial charge in [0.05, 0.1) is 0 Å². The Morgan fingerprint density at radius 2 is 1.54 bits per heavy atom. The highest BCUT2D eigenvalue weighted by atomic mass is 16.5. The number of Topliss-reactive ketones (excluding diaryl/α,β-unsaturated/α-hetero) is 1. The predicted octanol–water partition coefficient (Wildman–Crippen LogP) is 4.67. The molecule has 28 heavy (non-hydrogen) atoms. The van der Waals surface area contributed by atoms with Crippen LogP contribution in [0.25, 0.3) is 0 Å². The van der Waals surface area contributed by atoms with E-state index in [1.165, 1.54) is 45.4 Å². The Bertz CT molecular complexity index is 674. The van der Waals surface area contributed by atoms with Crippen molar-refractivity contribution in [3.8, 4) is 0 Å². The summed E-state index contributed by atoms with van der Waals surface area (Å²) in [5.74, 6) is 0.981. The van der Waals surface area contributed by atoms with Gasteiger partial charge in [-0.3, -0.25) is 9.59 Å². The number of fused-ring (bicyclic) bond motifs is 5. The minimum atomic E-state index is -1.34. The van der Waals surface area contributed by atoms with Gasteiger partial charge in [-0.1, -0.05) is 33.6 Å². The van der Waals surface area contributed by atoms with E-state index in [0.717, 1.165) is 25.2 Å². The molecule has 0 amide bonds. The van der Waals surface area contributed by atoms with Gasteiger partial charge in [0, 0.05) is 12.3 Å². The number of carbonyl (C=O) groups excluding carboxylic acids is 2. The zero-order valence-electron chi connectivity index (χ0n) is 18.2. The Balaban J connectivity index is 1.60. The van der Waals surface area contributed by atoms with Crippen LogP contribution in [-0.4, -0.2) is 29.1 Å². The third-order valence-electron chi connectivity index (χ3n) is 10.4. The van der Waals surface area contributed by atoms with Gasteiger partial charge in [0.25, 0.3) is 0 Å². The maximum Gasteiger partial charge on any atom is 0.303 e. The van der Waals surface area contributed by atoms with Crippen LogP contribution in [0.2, 0.25) is 0 Å². The molecule has 7 unspecified atom stereocenters. The second-order valence-corrected chi connectivity index (χ2v) is 11.2. The topological polar surface area (TPSA) is 63.6 Å². The van der Waals surface area contributed by atoms with Gasteiger partial charge in [0.15, 0.2) is 6.61 Å². The van der Waals surface area contributed by atoms with Crippen LogP contribution in [0.15, 0.2) is 0 Å². The van der Waals surface area contributed by atoms with Gasteiger partial charge in [0.2, 0.25) is 5.78 Å². The van der Waals surface area contributed by atoms with E-state index in [4.69, 9.17) is 4.74 Å². The van der Waals surface area contributed by atoms with Gasteiger partial charge >= 0.3 is 5.97 Å². The zero-order chi connectivity index (χ0) is 20.4. The molecule has 1 N–H and O–H groups in total. The Morgan fingerprint density at radius 1 is 0.893 bits per heavy atom. The van der Waals surface area contributed by atoms with Crippen molar-refractivity contribution in [2.75, 3.05) is 6.61 Å². The monoisotopic (exact) mass is 390 g/mol. The number of hydrogen-bond acceptors (Lipinski definition) is 4. The highest BCUT2D eigenvalue weighted by Crippen LogP contribution is 2.71. The summed E-state index contributed by atoms with van der Waals surface area (Å²) in [6.07, 6.45) is 11.4. The first-order valence-corrected chi connectivity index (χ1v) is 11.5. The average molecular weight is 391 g/mol. The Morgan fingerprint density at radius 3 is 2.25 bits per heavy atom. The molecule has 0 aliphatic heterocycles. The number of hydrogen-bond donors (Lipinski definition) is 1. The Hall–Kier alpha value is -0.900. The lowest BCUT2D eigenvalue weighted by Gasteiger charge is -2.65. The van der Waals surface area contributed by atoms with Crippen molar-refractivity contribution in [2.45, 2.75) is 97.5 Å². The number of carbonyl (C=O) groups is 2. The summed E-state index contributed by atoms with van der Waals surface area (Å²) in [5.41, 5.74) is -0.866. The minimum Gasteiger partial charge on any atom is -0.458 e. The standard InChI is InChI=1S/C24H38O4/c1-16(25)28-15-20(26)24(27)14-9-19-17-7-12-21(2)10-5-6-11-22(21,3)18(17)8-13-23(19,24)4/h17-19,27H,5-15H2,1-4H3.